The van der Waals surface area contributed by atoms with E-state index in [0.717, 1.165) is 62.9 Å². The van der Waals surface area contributed by atoms with Gasteiger partial charge in [0.05, 0.1) is 37.1 Å². The lowest BCUT2D eigenvalue weighted by molar-refractivity contribution is -0.139. The lowest BCUT2D eigenvalue weighted by atomic mass is 9.78. The zero-order valence-electron chi connectivity index (χ0n) is 19.1. The van der Waals surface area contributed by atoms with Crippen molar-refractivity contribution in [2.24, 2.45) is 5.41 Å². The zero-order valence-corrected chi connectivity index (χ0v) is 19.1. The molecular weight excluding hydrogens is 424 g/mol. The van der Waals surface area contributed by atoms with Crippen LogP contribution in [0.4, 0.5) is 16.3 Å². The summed E-state index contributed by atoms with van der Waals surface area (Å²) < 4.78 is 5.56. The Morgan fingerprint density at radius 1 is 1.33 bits per heavy atom. The van der Waals surface area contributed by atoms with Crippen LogP contribution >= 0.6 is 0 Å². The van der Waals surface area contributed by atoms with Gasteiger partial charge in [0.25, 0.3) is 0 Å². The maximum Gasteiger partial charge on any atom is 0.412 e. The number of hydrogen-bond donors (Lipinski definition) is 2. The van der Waals surface area contributed by atoms with Crippen molar-refractivity contribution in [2.45, 2.75) is 57.1 Å². The van der Waals surface area contributed by atoms with Crippen molar-refractivity contribution in [2.75, 3.05) is 43.1 Å². The minimum Gasteiger partial charge on any atom is -0.493 e. The van der Waals surface area contributed by atoms with E-state index in [1.807, 2.05) is 4.90 Å². The summed E-state index contributed by atoms with van der Waals surface area (Å²) in [6.45, 7) is 1.99. The smallest absolute Gasteiger partial charge is 0.412 e. The Bertz CT molecular complexity index is 939. The number of carbonyl (C=O) groups is 2. The van der Waals surface area contributed by atoms with Gasteiger partial charge in [-0.15, -0.1) is 6.42 Å². The largest absolute Gasteiger partial charge is 0.493 e. The third-order valence-electron chi connectivity index (χ3n) is 7.36. The molecule has 178 valence electrons. The molecule has 3 aliphatic rings. The molecular formula is C24H32N4O5. The van der Waals surface area contributed by atoms with Gasteiger partial charge in [-0.25, -0.2) is 9.78 Å². The number of hydrogen-bond acceptors (Lipinski definition) is 6. The Kier molecular flexibility index (Phi) is 6.66. The van der Waals surface area contributed by atoms with E-state index in [-0.39, 0.29) is 24.6 Å². The highest BCUT2D eigenvalue weighted by Crippen LogP contribution is 2.44. The standard InChI is InChI=1S/C24H32N4O5/c1-3-11-28(23(31)32)18-14-20(33-2)21(25-15-18)26-12-4-9-24(16-26)10-13-27(22(24)30)17-5-7-19(29)8-6-17/h1,14-15,17,19,29H,4-13,16H2,2H3,(H,31,32)/t17?,19?,24-/m0/s1. The molecule has 1 spiro atoms. The Balaban J connectivity index is 1.53. The summed E-state index contributed by atoms with van der Waals surface area (Å²) >= 11 is 0. The minimum absolute atomic E-state index is 0.0884. The molecule has 2 amide bonds. The second kappa shape index (κ2) is 9.48. The first kappa shape index (κ1) is 23.2. The molecule has 0 radical (unpaired) electrons. The molecule has 1 saturated carbocycles. The Morgan fingerprint density at radius 3 is 2.76 bits per heavy atom. The van der Waals surface area contributed by atoms with Crippen molar-refractivity contribution in [3.05, 3.63) is 12.3 Å². The van der Waals surface area contributed by atoms with E-state index in [1.165, 1.54) is 13.3 Å². The van der Waals surface area contributed by atoms with Crippen molar-refractivity contribution in [1.29, 1.82) is 0 Å². The maximum atomic E-state index is 13.6. The van der Waals surface area contributed by atoms with E-state index in [2.05, 4.69) is 15.8 Å². The molecule has 1 aromatic heterocycles. The highest BCUT2D eigenvalue weighted by Gasteiger charge is 2.51. The first-order chi connectivity index (χ1) is 15.9. The first-order valence-corrected chi connectivity index (χ1v) is 11.6. The number of aliphatic hydroxyl groups is 1. The summed E-state index contributed by atoms with van der Waals surface area (Å²) in [7, 11) is 1.52. The van der Waals surface area contributed by atoms with Crippen molar-refractivity contribution in [3.8, 4) is 18.1 Å². The van der Waals surface area contributed by atoms with Gasteiger partial charge < -0.3 is 24.7 Å². The van der Waals surface area contributed by atoms with E-state index in [1.54, 1.807) is 6.07 Å². The average molecular weight is 457 g/mol. The van der Waals surface area contributed by atoms with Crippen LogP contribution in [-0.4, -0.2) is 77.5 Å². The van der Waals surface area contributed by atoms with E-state index < -0.39 is 11.5 Å². The molecule has 3 heterocycles. The molecule has 2 saturated heterocycles. The SMILES string of the molecule is C#CCN(C(=O)O)c1cnc(N2CCC[C@]3(CCN(C4CCC(O)CC4)C3=O)C2)c(OC)c1. The molecule has 1 aliphatic carbocycles. The van der Waals surface area contributed by atoms with Gasteiger partial charge in [-0.2, -0.15) is 0 Å². The lowest BCUT2D eigenvalue weighted by Crippen LogP contribution is -2.50. The molecule has 2 N–H and O–H groups in total. The monoisotopic (exact) mass is 456 g/mol. The molecule has 1 atom stereocenters. The maximum absolute atomic E-state index is 13.6. The fourth-order valence-electron chi connectivity index (χ4n) is 5.58. The number of anilines is 2. The van der Waals surface area contributed by atoms with E-state index in [9.17, 15) is 19.8 Å². The van der Waals surface area contributed by atoms with Crippen LogP contribution in [0.3, 0.4) is 0 Å². The number of aliphatic hydroxyl groups excluding tert-OH is 1. The second-order valence-electron chi connectivity index (χ2n) is 9.31. The number of likely N-dealkylation sites (tertiary alicyclic amines) is 1. The van der Waals surface area contributed by atoms with Gasteiger partial charge in [0.15, 0.2) is 11.6 Å². The third-order valence-corrected chi connectivity index (χ3v) is 7.36. The first-order valence-electron chi connectivity index (χ1n) is 11.6. The fraction of sp³-hybridized carbons (Fsp3) is 0.625. The summed E-state index contributed by atoms with van der Waals surface area (Å²) in [5.41, 5.74) is -0.0913. The third kappa shape index (κ3) is 4.44. The number of piperidine rings is 1. The van der Waals surface area contributed by atoms with Gasteiger partial charge in [0.2, 0.25) is 5.91 Å². The molecule has 0 aromatic carbocycles. The predicted molar refractivity (Wildman–Crippen MR) is 123 cm³/mol. The van der Waals surface area contributed by atoms with Gasteiger partial charge in [-0.1, -0.05) is 5.92 Å². The topological polar surface area (TPSA) is 106 Å². The van der Waals surface area contributed by atoms with E-state index in [4.69, 9.17) is 11.2 Å². The molecule has 33 heavy (non-hydrogen) atoms. The van der Waals surface area contributed by atoms with Gasteiger partial charge in [0, 0.05) is 31.7 Å². The normalized spacial score (nSPS) is 27.5. The van der Waals surface area contributed by atoms with Crippen molar-refractivity contribution < 1.29 is 24.5 Å². The van der Waals surface area contributed by atoms with Crippen LogP contribution < -0.4 is 14.5 Å². The number of ether oxygens (including phenoxy) is 1. The number of terminal acetylenes is 1. The van der Waals surface area contributed by atoms with Crippen LogP contribution in [0, 0.1) is 17.8 Å². The van der Waals surface area contributed by atoms with Gasteiger partial charge in [0.1, 0.15) is 0 Å². The van der Waals surface area contributed by atoms with Crippen LogP contribution in [0.25, 0.3) is 0 Å². The van der Waals surface area contributed by atoms with Crippen molar-refractivity contribution >= 4 is 23.5 Å². The Labute approximate surface area is 194 Å². The number of pyridine rings is 1. The molecule has 4 rings (SSSR count). The molecule has 3 fully saturated rings. The van der Waals surface area contributed by atoms with Crippen LogP contribution in [0.1, 0.15) is 44.9 Å². The van der Waals surface area contributed by atoms with E-state index in [0.29, 0.717) is 23.8 Å². The number of carboxylic acid groups (broad SMARTS) is 1. The molecule has 2 aliphatic heterocycles. The number of rotatable bonds is 5. The van der Waals surface area contributed by atoms with Crippen molar-refractivity contribution in [1.82, 2.24) is 9.88 Å². The number of carbonyl (C=O) groups excluding carboxylic acids is 1. The van der Waals surface area contributed by atoms with E-state index >= 15 is 0 Å². The number of aromatic nitrogens is 1. The summed E-state index contributed by atoms with van der Waals surface area (Å²) in [5, 5.41) is 19.3. The molecule has 0 unspecified atom stereocenters. The molecule has 9 nitrogen and oxygen atoms in total. The van der Waals surface area contributed by atoms with Crippen LogP contribution in [0.15, 0.2) is 12.3 Å². The zero-order chi connectivity index (χ0) is 23.6. The van der Waals surface area contributed by atoms with Gasteiger partial charge in [-0.05, 0) is 44.9 Å². The van der Waals surface area contributed by atoms with Crippen molar-refractivity contribution in [3.63, 3.8) is 0 Å². The van der Waals surface area contributed by atoms with Gasteiger partial charge >= 0.3 is 6.09 Å². The fourth-order valence-corrected chi connectivity index (χ4v) is 5.58. The summed E-state index contributed by atoms with van der Waals surface area (Å²) in [5.74, 6) is 3.63. The Morgan fingerprint density at radius 2 is 2.09 bits per heavy atom. The minimum atomic E-state index is -1.16. The summed E-state index contributed by atoms with van der Waals surface area (Å²) in [6, 6.07) is 1.85. The highest BCUT2D eigenvalue weighted by molar-refractivity contribution is 5.88. The summed E-state index contributed by atoms with van der Waals surface area (Å²) in [6.07, 6.45) is 11.2. The lowest BCUT2D eigenvalue weighted by Gasteiger charge is -2.41. The van der Waals surface area contributed by atoms with Crippen LogP contribution in [0.5, 0.6) is 5.75 Å². The van der Waals surface area contributed by atoms with Crippen LogP contribution in [-0.2, 0) is 4.79 Å². The van der Waals surface area contributed by atoms with Gasteiger partial charge in [-0.3, -0.25) is 9.69 Å². The predicted octanol–water partition coefficient (Wildman–Crippen LogP) is 2.33. The highest BCUT2D eigenvalue weighted by atomic mass is 16.5. The number of methoxy groups -OCH3 is 1. The molecule has 1 aromatic rings. The molecule has 0 bridgehead atoms. The average Bonchev–Trinajstić information content (AvgIpc) is 3.12. The van der Waals surface area contributed by atoms with Crippen LogP contribution in [0.2, 0.25) is 0 Å². The second-order valence-corrected chi connectivity index (χ2v) is 9.31. The number of nitrogens with zero attached hydrogens (tertiary/aromatic N) is 4. The number of amides is 2. The molecule has 9 heteroatoms. The summed E-state index contributed by atoms with van der Waals surface area (Å²) in [4.78, 5) is 34.8. The Hall–Kier alpha value is -2.99. The quantitative estimate of drug-likeness (QED) is 0.655.